The molecule has 3 rings (SSSR count). The van der Waals surface area contributed by atoms with E-state index in [2.05, 4.69) is 10.4 Å². The lowest BCUT2D eigenvalue weighted by Gasteiger charge is -2.09. The Hall–Kier alpha value is -3.21. The number of benzene rings is 2. The van der Waals surface area contributed by atoms with E-state index < -0.39 is 0 Å². The fraction of sp³-hybridized carbons (Fsp3) is 0.261. The number of carbonyl (C=O) groups is 1. The van der Waals surface area contributed by atoms with Gasteiger partial charge in [-0.05, 0) is 56.5 Å². The Kier molecular flexibility index (Phi) is 6.04. The molecular formula is C23H25N3O2. The van der Waals surface area contributed by atoms with Gasteiger partial charge in [-0.15, -0.1) is 0 Å². The fourth-order valence-electron chi connectivity index (χ4n) is 2.90. The highest BCUT2D eigenvalue weighted by Gasteiger charge is 2.07. The van der Waals surface area contributed by atoms with E-state index in [-0.39, 0.29) is 11.5 Å². The lowest BCUT2D eigenvalue weighted by molar-refractivity contribution is 0.0952. The summed E-state index contributed by atoms with van der Waals surface area (Å²) in [7, 11) is 0. The van der Waals surface area contributed by atoms with Crippen LogP contribution in [0.2, 0.25) is 0 Å². The summed E-state index contributed by atoms with van der Waals surface area (Å²) in [5.74, 6) is -0.100. The number of hydrogen-bond acceptors (Lipinski definition) is 3. The molecule has 1 amide bonds. The van der Waals surface area contributed by atoms with Crippen molar-refractivity contribution in [2.24, 2.45) is 0 Å². The minimum Gasteiger partial charge on any atom is -0.352 e. The van der Waals surface area contributed by atoms with Crippen LogP contribution in [0, 0.1) is 20.8 Å². The molecule has 3 aromatic rings. The van der Waals surface area contributed by atoms with E-state index in [4.69, 9.17) is 0 Å². The van der Waals surface area contributed by atoms with Gasteiger partial charge in [0, 0.05) is 30.3 Å². The van der Waals surface area contributed by atoms with Crippen LogP contribution in [0.15, 0.2) is 59.4 Å². The molecule has 0 atom stereocenters. The second-order valence-electron chi connectivity index (χ2n) is 7.05. The summed E-state index contributed by atoms with van der Waals surface area (Å²) in [6, 6.07) is 17.0. The summed E-state index contributed by atoms with van der Waals surface area (Å²) < 4.78 is 1.46. The molecule has 0 unspecified atom stereocenters. The highest BCUT2D eigenvalue weighted by molar-refractivity contribution is 5.94. The molecule has 0 bridgehead atoms. The third-order valence-electron chi connectivity index (χ3n) is 4.82. The van der Waals surface area contributed by atoms with Crippen molar-refractivity contribution in [3.8, 4) is 11.3 Å². The minimum atomic E-state index is -0.142. The third kappa shape index (κ3) is 4.74. The zero-order chi connectivity index (χ0) is 20.1. The van der Waals surface area contributed by atoms with Crippen molar-refractivity contribution >= 4 is 5.91 Å². The second kappa shape index (κ2) is 8.65. The minimum absolute atomic E-state index is 0.100. The topological polar surface area (TPSA) is 64.0 Å². The number of aromatic nitrogens is 2. The molecule has 5 heteroatoms. The molecule has 0 saturated carbocycles. The van der Waals surface area contributed by atoms with Gasteiger partial charge < -0.3 is 5.32 Å². The van der Waals surface area contributed by atoms with Gasteiger partial charge in [0.1, 0.15) is 0 Å². The summed E-state index contributed by atoms with van der Waals surface area (Å²) in [4.78, 5) is 24.3. The quantitative estimate of drug-likeness (QED) is 0.669. The van der Waals surface area contributed by atoms with Crippen molar-refractivity contribution in [3.63, 3.8) is 0 Å². The van der Waals surface area contributed by atoms with E-state index >= 15 is 0 Å². The highest BCUT2D eigenvalue weighted by atomic mass is 16.1. The van der Waals surface area contributed by atoms with Gasteiger partial charge >= 0.3 is 0 Å². The Morgan fingerprint density at radius 2 is 1.71 bits per heavy atom. The molecule has 0 radical (unpaired) electrons. The van der Waals surface area contributed by atoms with Crippen LogP contribution in [0.1, 0.15) is 33.5 Å². The average Bonchev–Trinajstić information content (AvgIpc) is 2.69. The Morgan fingerprint density at radius 3 is 2.43 bits per heavy atom. The molecule has 28 heavy (non-hydrogen) atoms. The van der Waals surface area contributed by atoms with Crippen molar-refractivity contribution in [2.75, 3.05) is 6.54 Å². The van der Waals surface area contributed by atoms with Gasteiger partial charge in [-0.1, -0.05) is 35.9 Å². The molecule has 0 aliphatic heterocycles. The maximum Gasteiger partial charge on any atom is 0.266 e. The van der Waals surface area contributed by atoms with Gasteiger partial charge in [0.25, 0.3) is 11.5 Å². The zero-order valence-electron chi connectivity index (χ0n) is 16.5. The Bertz CT molecular complexity index is 1040. The van der Waals surface area contributed by atoms with E-state index in [0.29, 0.717) is 25.1 Å². The third-order valence-corrected chi connectivity index (χ3v) is 4.82. The molecule has 0 aliphatic rings. The summed E-state index contributed by atoms with van der Waals surface area (Å²) in [5.41, 5.74) is 5.68. The number of nitrogens with zero attached hydrogens (tertiary/aromatic N) is 2. The van der Waals surface area contributed by atoms with Gasteiger partial charge in [0.05, 0.1) is 5.69 Å². The highest BCUT2D eigenvalue weighted by Crippen LogP contribution is 2.15. The maximum atomic E-state index is 12.3. The molecule has 144 valence electrons. The van der Waals surface area contributed by atoms with Crippen LogP contribution in [-0.2, 0) is 6.54 Å². The van der Waals surface area contributed by atoms with Crippen molar-refractivity contribution in [1.82, 2.24) is 15.1 Å². The Balaban J connectivity index is 1.59. The lowest BCUT2D eigenvalue weighted by atomic mass is 10.1. The standard InChI is InChI=1S/C23H25N3O2/c1-16-5-8-19(9-6-16)21-11-12-22(27)26(25-21)14-4-13-24-23(28)20-10-7-17(2)18(3)15-20/h5-12,15H,4,13-14H2,1-3H3,(H,24,28). The van der Waals surface area contributed by atoms with Gasteiger partial charge in [-0.25, -0.2) is 4.68 Å². The first-order valence-corrected chi connectivity index (χ1v) is 9.45. The molecule has 0 fully saturated rings. The van der Waals surface area contributed by atoms with Gasteiger partial charge in [-0.3, -0.25) is 9.59 Å². The Morgan fingerprint density at radius 1 is 0.964 bits per heavy atom. The van der Waals surface area contributed by atoms with Crippen molar-refractivity contribution in [3.05, 3.63) is 87.2 Å². The van der Waals surface area contributed by atoms with Crippen LogP contribution in [0.4, 0.5) is 0 Å². The lowest BCUT2D eigenvalue weighted by Crippen LogP contribution is -2.28. The van der Waals surface area contributed by atoms with E-state index in [1.54, 1.807) is 6.07 Å². The van der Waals surface area contributed by atoms with Gasteiger partial charge in [-0.2, -0.15) is 5.10 Å². The number of hydrogen-bond donors (Lipinski definition) is 1. The van der Waals surface area contributed by atoms with Crippen molar-refractivity contribution < 1.29 is 4.79 Å². The van der Waals surface area contributed by atoms with E-state index in [0.717, 1.165) is 22.4 Å². The molecular weight excluding hydrogens is 350 g/mol. The first kappa shape index (κ1) is 19.5. The van der Waals surface area contributed by atoms with Crippen LogP contribution < -0.4 is 10.9 Å². The van der Waals surface area contributed by atoms with Gasteiger partial charge in [0.15, 0.2) is 0 Å². The van der Waals surface area contributed by atoms with E-state index in [1.807, 2.05) is 63.2 Å². The predicted octanol–water partition coefficient (Wildman–Crippen LogP) is 3.66. The van der Waals surface area contributed by atoms with Crippen molar-refractivity contribution in [2.45, 2.75) is 33.7 Å². The maximum absolute atomic E-state index is 12.3. The Labute approximate surface area is 165 Å². The smallest absolute Gasteiger partial charge is 0.266 e. The number of nitrogens with one attached hydrogen (secondary N) is 1. The SMILES string of the molecule is Cc1ccc(-c2ccc(=O)n(CCCNC(=O)c3ccc(C)c(C)c3)n2)cc1. The van der Waals surface area contributed by atoms with Crippen LogP contribution in [-0.4, -0.2) is 22.2 Å². The first-order chi connectivity index (χ1) is 13.4. The number of aryl methyl sites for hydroxylation is 4. The predicted molar refractivity (Wildman–Crippen MR) is 112 cm³/mol. The second-order valence-corrected chi connectivity index (χ2v) is 7.05. The molecule has 5 nitrogen and oxygen atoms in total. The van der Waals surface area contributed by atoms with Crippen LogP contribution >= 0.6 is 0 Å². The summed E-state index contributed by atoms with van der Waals surface area (Å²) in [5, 5.41) is 7.37. The summed E-state index contributed by atoms with van der Waals surface area (Å²) in [6.45, 7) is 6.97. The fourth-order valence-corrected chi connectivity index (χ4v) is 2.90. The van der Waals surface area contributed by atoms with E-state index in [1.165, 1.54) is 16.3 Å². The zero-order valence-corrected chi connectivity index (χ0v) is 16.5. The van der Waals surface area contributed by atoms with Crippen molar-refractivity contribution in [1.29, 1.82) is 0 Å². The normalized spacial score (nSPS) is 10.7. The molecule has 1 aromatic heterocycles. The van der Waals surface area contributed by atoms with Gasteiger partial charge in [0.2, 0.25) is 0 Å². The van der Waals surface area contributed by atoms with Crippen LogP contribution in [0.5, 0.6) is 0 Å². The number of rotatable bonds is 6. The van der Waals surface area contributed by atoms with Crippen LogP contribution in [0.3, 0.4) is 0 Å². The molecule has 0 saturated heterocycles. The molecule has 1 heterocycles. The number of carbonyl (C=O) groups excluding carboxylic acids is 1. The molecule has 0 spiro atoms. The molecule has 0 aliphatic carbocycles. The first-order valence-electron chi connectivity index (χ1n) is 9.45. The largest absolute Gasteiger partial charge is 0.352 e. The monoisotopic (exact) mass is 375 g/mol. The van der Waals surface area contributed by atoms with Crippen LogP contribution in [0.25, 0.3) is 11.3 Å². The molecule has 2 aromatic carbocycles. The number of amides is 1. The average molecular weight is 375 g/mol. The summed E-state index contributed by atoms with van der Waals surface area (Å²) in [6.07, 6.45) is 0.626. The molecule has 1 N–H and O–H groups in total. The van der Waals surface area contributed by atoms with E-state index in [9.17, 15) is 9.59 Å². The summed E-state index contributed by atoms with van der Waals surface area (Å²) >= 11 is 0.